The molecular formula is C12H20N2O3. The summed E-state index contributed by atoms with van der Waals surface area (Å²) in [6.45, 7) is 1.48. The lowest BCUT2D eigenvalue weighted by Gasteiger charge is -2.52. The molecule has 0 aromatic carbocycles. The average molecular weight is 240 g/mol. The highest BCUT2D eigenvalue weighted by molar-refractivity contribution is 5.81. The van der Waals surface area contributed by atoms with Crippen LogP contribution in [0.5, 0.6) is 0 Å². The first-order chi connectivity index (χ1) is 8.27. The van der Waals surface area contributed by atoms with Gasteiger partial charge in [0.1, 0.15) is 6.10 Å². The number of rotatable bonds is 2. The van der Waals surface area contributed by atoms with E-state index in [1.165, 1.54) is 0 Å². The molecule has 4 unspecified atom stereocenters. The highest BCUT2D eigenvalue weighted by Crippen LogP contribution is 2.37. The third-order valence-electron chi connectivity index (χ3n) is 4.21. The van der Waals surface area contributed by atoms with Crippen LogP contribution < -0.4 is 11.1 Å². The van der Waals surface area contributed by atoms with Crippen LogP contribution in [0.15, 0.2) is 0 Å². The van der Waals surface area contributed by atoms with E-state index < -0.39 is 0 Å². The minimum atomic E-state index is -0.273. The lowest BCUT2D eigenvalue weighted by Crippen LogP contribution is -2.72. The van der Waals surface area contributed by atoms with Gasteiger partial charge in [-0.05, 0) is 25.7 Å². The molecule has 1 aliphatic carbocycles. The van der Waals surface area contributed by atoms with Gasteiger partial charge in [0.15, 0.2) is 0 Å². The molecule has 1 saturated carbocycles. The van der Waals surface area contributed by atoms with Crippen molar-refractivity contribution < 1.29 is 14.3 Å². The predicted octanol–water partition coefficient (Wildman–Crippen LogP) is -0.214. The van der Waals surface area contributed by atoms with Gasteiger partial charge in [0, 0.05) is 25.2 Å². The Morgan fingerprint density at radius 2 is 1.94 bits per heavy atom. The summed E-state index contributed by atoms with van der Waals surface area (Å²) in [5.41, 5.74) is 6.09. The van der Waals surface area contributed by atoms with E-state index in [-0.39, 0.29) is 30.2 Å². The van der Waals surface area contributed by atoms with Crippen molar-refractivity contribution in [3.8, 4) is 0 Å². The standard InChI is InChI=1S/C12H20N2O3/c13-9-7-3-1-6-17-11(7)10(9)14-12(15)8-4-2-5-16-8/h7-11H,1-6,13H2,(H,14,15)/t7?,8-,9?,10?,11?/m0/s1. The highest BCUT2D eigenvalue weighted by atomic mass is 16.5. The number of amides is 1. The van der Waals surface area contributed by atoms with Gasteiger partial charge in [-0.1, -0.05) is 0 Å². The Morgan fingerprint density at radius 1 is 1.18 bits per heavy atom. The van der Waals surface area contributed by atoms with Crippen molar-refractivity contribution in [2.75, 3.05) is 13.2 Å². The zero-order chi connectivity index (χ0) is 11.8. The maximum atomic E-state index is 11.9. The number of ether oxygens (including phenoxy) is 2. The number of carbonyl (C=O) groups excluding carboxylic acids is 1. The summed E-state index contributed by atoms with van der Waals surface area (Å²) >= 11 is 0. The smallest absolute Gasteiger partial charge is 0.249 e. The van der Waals surface area contributed by atoms with Gasteiger partial charge in [-0.15, -0.1) is 0 Å². The van der Waals surface area contributed by atoms with Gasteiger partial charge in [0.2, 0.25) is 5.91 Å². The first kappa shape index (κ1) is 11.4. The van der Waals surface area contributed by atoms with Crippen molar-refractivity contribution in [2.24, 2.45) is 11.7 Å². The van der Waals surface area contributed by atoms with E-state index in [1.807, 2.05) is 0 Å². The Labute approximate surface area is 101 Å². The molecule has 5 atom stereocenters. The summed E-state index contributed by atoms with van der Waals surface area (Å²) in [7, 11) is 0. The summed E-state index contributed by atoms with van der Waals surface area (Å²) in [4.78, 5) is 11.9. The molecule has 0 radical (unpaired) electrons. The minimum Gasteiger partial charge on any atom is -0.376 e. The van der Waals surface area contributed by atoms with Gasteiger partial charge in [0.05, 0.1) is 12.1 Å². The third-order valence-corrected chi connectivity index (χ3v) is 4.21. The van der Waals surface area contributed by atoms with Crippen molar-refractivity contribution in [1.29, 1.82) is 0 Å². The Balaban J connectivity index is 1.56. The van der Waals surface area contributed by atoms with Crippen LogP contribution in [0, 0.1) is 5.92 Å². The number of fused-ring (bicyclic) bond motifs is 1. The largest absolute Gasteiger partial charge is 0.376 e. The molecule has 2 aliphatic heterocycles. The van der Waals surface area contributed by atoms with Crippen LogP contribution in [-0.2, 0) is 14.3 Å². The van der Waals surface area contributed by atoms with Crippen molar-refractivity contribution in [3.05, 3.63) is 0 Å². The van der Waals surface area contributed by atoms with Crippen LogP contribution in [0.4, 0.5) is 0 Å². The summed E-state index contributed by atoms with van der Waals surface area (Å²) in [5, 5.41) is 2.99. The van der Waals surface area contributed by atoms with Crippen molar-refractivity contribution in [1.82, 2.24) is 5.32 Å². The molecule has 0 aromatic rings. The van der Waals surface area contributed by atoms with Crippen molar-refractivity contribution >= 4 is 5.91 Å². The number of nitrogens with two attached hydrogens (primary N) is 1. The third kappa shape index (κ3) is 1.96. The van der Waals surface area contributed by atoms with Gasteiger partial charge in [-0.2, -0.15) is 0 Å². The fraction of sp³-hybridized carbons (Fsp3) is 0.917. The molecule has 1 amide bonds. The van der Waals surface area contributed by atoms with Crippen molar-refractivity contribution in [2.45, 2.75) is 50.0 Å². The lowest BCUT2D eigenvalue weighted by molar-refractivity contribution is -0.145. The van der Waals surface area contributed by atoms with E-state index in [0.29, 0.717) is 12.5 Å². The van der Waals surface area contributed by atoms with Gasteiger partial charge in [0.25, 0.3) is 0 Å². The summed E-state index contributed by atoms with van der Waals surface area (Å²) in [5.74, 6) is 0.411. The summed E-state index contributed by atoms with van der Waals surface area (Å²) < 4.78 is 11.0. The molecule has 0 aromatic heterocycles. The van der Waals surface area contributed by atoms with E-state index in [0.717, 1.165) is 32.3 Å². The first-order valence-electron chi connectivity index (χ1n) is 6.56. The van der Waals surface area contributed by atoms with Crippen LogP contribution in [0.1, 0.15) is 25.7 Å². The van der Waals surface area contributed by atoms with E-state index in [2.05, 4.69) is 5.32 Å². The van der Waals surface area contributed by atoms with E-state index in [1.54, 1.807) is 0 Å². The highest BCUT2D eigenvalue weighted by Gasteiger charge is 2.51. The molecule has 17 heavy (non-hydrogen) atoms. The zero-order valence-electron chi connectivity index (χ0n) is 9.93. The summed E-state index contributed by atoms with van der Waals surface area (Å²) in [6.07, 6.45) is 3.86. The molecule has 96 valence electrons. The maximum Gasteiger partial charge on any atom is 0.249 e. The second-order valence-electron chi connectivity index (χ2n) is 5.25. The van der Waals surface area contributed by atoms with Gasteiger partial charge in [-0.3, -0.25) is 4.79 Å². The fourth-order valence-corrected chi connectivity index (χ4v) is 3.17. The number of hydrogen-bond acceptors (Lipinski definition) is 4. The van der Waals surface area contributed by atoms with E-state index in [9.17, 15) is 4.79 Å². The van der Waals surface area contributed by atoms with Gasteiger partial charge in [-0.25, -0.2) is 0 Å². The van der Waals surface area contributed by atoms with Crippen LogP contribution >= 0.6 is 0 Å². The molecule has 5 nitrogen and oxygen atoms in total. The quantitative estimate of drug-likeness (QED) is 0.700. The second kappa shape index (κ2) is 4.55. The first-order valence-corrected chi connectivity index (χ1v) is 6.56. The molecule has 2 saturated heterocycles. The topological polar surface area (TPSA) is 73.6 Å². The Morgan fingerprint density at radius 3 is 2.71 bits per heavy atom. The number of hydrogen-bond donors (Lipinski definition) is 2. The number of nitrogens with one attached hydrogen (secondary N) is 1. The zero-order valence-corrected chi connectivity index (χ0v) is 9.93. The predicted molar refractivity (Wildman–Crippen MR) is 61.3 cm³/mol. The van der Waals surface area contributed by atoms with Crippen LogP contribution in [0.2, 0.25) is 0 Å². The van der Waals surface area contributed by atoms with Crippen LogP contribution in [0.3, 0.4) is 0 Å². The lowest BCUT2D eigenvalue weighted by atomic mass is 9.68. The maximum absolute atomic E-state index is 11.9. The Kier molecular flexibility index (Phi) is 3.06. The molecule has 3 aliphatic rings. The van der Waals surface area contributed by atoms with Gasteiger partial charge >= 0.3 is 0 Å². The molecular weight excluding hydrogens is 220 g/mol. The second-order valence-corrected chi connectivity index (χ2v) is 5.25. The van der Waals surface area contributed by atoms with E-state index >= 15 is 0 Å². The van der Waals surface area contributed by atoms with Crippen LogP contribution in [-0.4, -0.2) is 43.4 Å². The average Bonchev–Trinajstić information content (AvgIpc) is 2.89. The normalized spacial score (nSPS) is 44.9. The molecule has 0 spiro atoms. The van der Waals surface area contributed by atoms with Crippen molar-refractivity contribution in [3.63, 3.8) is 0 Å². The fourth-order valence-electron chi connectivity index (χ4n) is 3.17. The van der Waals surface area contributed by atoms with Crippen LogP contribution in [0.25, 0.3) is 0 Å². The monoisotopic (exact) mass is 240 g/mol. The number of carbonyl (C=O) groups is 1. The molecule has 3 fully saturated rings. The van der Waals surface area contributed by atoms with E-state index in [4.69, 9.17) is 15.2 Å². The molecule has 3 N–H and O–H groups in total. The SMILES string of the molecule is NC1C2CCCOC2C1NC(=O)[C@@H]1CCCO1. The molecule has 3 rings (SSSR count). The van der Waals surface area contributed by atoms with Gasteiger partial charge < -0.3 is 20.5 Å². The molecule has 5 heteroatoms. The molecule has 2 heterocycles. The Bertz CT molecular complexity index is 304. The molecule has 0 bridgehead atoms. The summed E-state index contributed by atoms with van der Waals surface area (Å²) in [6, 6.07) is 0.0302. The Hall–Kier alpha value is -0.650. The minimum absolute atomic E-state index is 0.0167.